The summed E-state index contributed by atoms with van der Waals surface area (Å²) < 4.78 is 11.2. The van der Waals surface area contributed by atoms with Gasteiger partial charge in [-0.25, -0.2) is 0 Å². The third-order valence-corrected chi connectivity index (χ3v) is 4.89. The Balaban J connectivity index is 1.72. The molecule has 2 aromatic rings. The van der Waals surface area contributed by atoms with Crippen LogP contribution < -0.4 is 14.8 Å². The van der Waals surface area contributed by atoms with Crippen molar-refractivity contribution in [2.24, 2.45) is 0 Å². The molecule has 0 aliphatic carbocycles. The predicted octanol–water partition coefficient (Wildman–Crippen LogP) is 2.00. The number of nitrogens with one attached hydrogen (secondary N) is 1. The lowest BCUT2D eigenvalue weighted by molar-refractivity contribution is -0.137. The number of fused-ring (bicyclic) bond motifs is 1. The van der Waals surface area contributed by atoms with Crippen molar-refractivity contribution in [3.8, 4) is 11.5 Å². The third kappa shape index (κ3) is 3.74. The maximum absolute atomic E-state index is 13.2. The predicted molar refractivity (Wildman–Crippen MR) is 108 cm³/mol. The van der Waals surface area contributed by atoms with E-state index in [9.17, 15) is 14.4 Å². The number of aliphatic hydroxyl groups is 1. The van der Waals surface area contributed by atoms with Crippen LogP contribution in [0, 0.1) is 0 Å². The molecule has 30 heavy (non-hydrogen) atoms. The van der Waals surface area contributed by atoms with Crippen molar-refractivity contribution in [3.05, 3.63) is 64.3 Å². The fourth-order valence-corrected chi connectivity index (χ4v) is 3.32. The van der Waals surface area contributed by atoms with Gasteiger partial charge in [0, 0.05) is 28.3 Å². The highest BCUT2D eigenvalue weighted by Gasteiger charge is 2.32. The second kappa shape index (κ2) is 8.17. The van der Waals surface area contributed by atoms with E-state index in [1.807, 2.05) is 0 Å². The molecule has 2 amide bonds. The molecule has 0 atom stereocenters. The molecule has 2 aliphatic heterocycles. The van der Waals surface area contributed by atoms with E-state index in [-0.39, 0.29) is 35.9 Å². The van der Waals surface area contributed by atoms with Gasteiger partial charge in [0.05, 0.1) is 18.8 Å². The molecule has 0 fully saturated rings. The molecule has 2 N–H and O–H groups in total. The van der Waals surface area contributed by atoms with Crippen LogP contribution in [0.15, 0.2) is 48.2 Å². The molecule has 0 saturated carbocycles. The number of hydrogen-bond donors (Lipinski definition) is 2. The van der Waals surface area contributed by atoms with E-state index in [1.54, 1.807) is 36.4 Å². The zero-order valence-corrected chi connectivity index (χ0v) is 16.4. The summed E-state index contributed by atoms with van der Waals surface area (Å²) in [6.07, 6.45) is 1.13. The zero-order valence-electron chi connectivity index (χ0n) is 15.7. The van der Waals surface area contributed by atoms with Crippen LogP contribution in [0.25, 0.3) is 0 Å². The highest BCUT2D eigenvalue weighted by Crippen LogP contribution is 2.37. The summed E-state index contributed by atoms with van der Waals surface area (Å²) in [4.78, 5) is 38.6. The van der Waals surface area contributed by atoms with Crippen LogP contribution in [0.3, 0.4) is 0 Å². The second-order valence-electron chi connectivity index (χ2n) is 6.58. The minimum atomic E-state index is -0.589. The van der Waals surface area contributed by atoms with Gasteiger partial charge in [0.1, 0.15) is 18.9 Å². The summed E-state index contributed by atoms with van der Waals surface area (Å²) in [5, 5.41) is 12.4. The van der Waals surface area contributed by atoms with E-state index in [2.05, 4.69) is 5.32 Å². The SMILES string of the molecule is O=C(c1ccc(Cl)cc1)c1cc2c(cc1NC1=CC(=O)N(CCO)C1=O)OCCO2. The molecule has 2 aliphatic rings. The smallest absolute Gasteiger partial charge is 0.277 e. The number of hydrogen-bond acceptors (Lipinski definition) is 7. The van der Waals surface area contributed by atoms with E-state index in [4.69, 9.17) is 26.2 Å². The van der Waals surface area contributed by atoms with E-state index in [1.165, 1.54) is 0 Å². The molecule has 2 aromatic carbocycles. The summed E-state index contributed by atoms with van der Waals surface area (Å²) in [5.41, 5.74) is 0.917. The first-order valence-electron chi connectivity index (χ1n) is 9.17. The van der Waals surface area contributed by atoms with Crippen LogP contribution in [-0.2, 0) is 9.59 Å². The number of carbonyl (C=O) groups is 3. The standard InChI is InChI=1S/C21H17ClN2O6/c22-13-3-1-12(2-4-13)20(27)14-9-17-18(30-8-7-29-17)10-15(14)23-16-11-19(26)24(5-6-25)21(16)28/h1-4,9-11,23,25H,5-8H2. The molecule has 0 bridgehead atoms. The van der Waals surface area contributed by atoms with E-state index in [0.29, 0.717) is 35.3 Å². The molecule has 4 rings (SSSR count). The quantitative estimate of drug-likeness (QED) is 0.535. The molecular formula is C21H17ClN2O6. The molecule has 9 heteroatoms. The number of β-amino-alcohol motifs (C(OH)–C–C–N with tert-alkyl or cyclic N) is 1. The van der Waals surface area contributed by atoms with Gasteiger partial charge < -0.3 is 19.9 Å². The molecule has 0 saturated heterocycles. The number of imide groups is 1. The average Bonchev–Trinajstić information content (AvgIpc) is 3.01. The number of amides is 2. The number of ketones is 1. The van der Waals surface area contributed by atoms with Gasteiger partial charge in [-0.05, 0) is 30.3 Å². The van der Waals surface area contributed by atoms with Gasteiger partial charge in [-0.2, -0.15) is 0 Å². The Labute approximate surface area is 176 Å². The van der Waals surface area contributed by atoms with E-state index in [0.717, 1.165) is 11.0 Å². The van der Waals surface area contributed by atoms with Crippen LogP contribution in [0.5, 0.6) is 11.5 Å². The molecule has 154 valence electrons. The topological polar surface area (TPSA) is 105 Å². The molecule has 8 nitrogen and oxygen atoms in total. The normalized spacial score (nSPS) is 15.3. The minimum Gasteiger partial charge on any atom is -0.486 e. The van der Waals surface area contributed by atoms with Crippen molar-refractivity contribution in [2.75, 3.05) is 31.7 Å². The maximum Gasteiger partial charge on any atom is 0.277 e. The number of anilines is 1. The van der Waals surface area contributed by atoms with E-state index >= 15 is 0 Å². The summed E-state index contributed by atoms with van der Waals surface area (Å²) in [6.45, 7) is 0.240. The monoisotopic (exact) mass is 428 g/mol. The van der Waals surface area contributed by atoms with Gasteiger partial charge in [-0.3, -0.25) is 19.3 Å². The number of aliphatic hydroxyl groups excluding tert-OH is 1. The first-order valence-corrected chi connectivity index (χ1v) is 9.55. The average molecular weight is 429 g/mol. The lowest BCUT2D eigenvalue weighted by Crippen LogP contribution is -2.34. The Bertz CT molecular complexity index is 1060. The largest absolute Gasteiger partial charge is 0.486 e. The molecule has 0 aromatic heterocycles. The summed E-state index contributed by atoms with van der Waals surface area (Å²) in [6, 6.07) is 9.50. The van der Waals surface area contributed by atoms with Crippen molar-refractivity contribution in [1.29, 1.82) is 0 Å². The van der Waals surface area contributed by atoms with Crippen molar-refractivity contribution in [2.45, 2.75) is 0 Å². The van der Waals surface area contributed by atoms with E-state index < -0.39 is 11.8 Å². The maximum atomic E-state index is 13.2. The van der Waals surface area contributed by atoms with Gasteiger partial charge >= 0.3 is 0 Å². The summed E-state index contributed by atoms with van der Waals surface area (Å²) >= 11 is 5.91. The Morgan fingerprint density at radius 1 is 1.10 bits per heavy atom. The third-order valence-electron chi connectivity index (χ3n) is 4.64. The Morgan fingerprint density at radius 2 is 1.77 bits per heavy atom. The number of ether oxygens (including phenoxy) is 2. The number of halogens is 1. The van der Waals surface area contributed by atoms with Crippen LogP contribution in [0.1, 0.15) is 15.9 Å². The number of nitrogens with zero attached hydrogens (tertiary/aromatic N) is 1. The van der Waals surface area contributed by atoms with Gasteiger partial charge in [-0.1, -0.05) is 11.6 Å². The Morgan fingerprint density at radius 3 is 2.43 bits per heavy atom. The van der Waals surface area contributed by atoms with Crippen molar-refractivity contribution in [3.63, 3.8) is 0 Å². The van der Waals surface area contributed by atoms with Crippen LogP contribution in [0.2, 0.25) is 5.02 Å². The highest BCUT2D eigenvalue weighted by atomic mass is 35.5. The zero-order chi connectivity index (χ0) is 21.3. The van der Waals surface area contributed by atoms with Crippen molar-refractivity contribution < 1.29 is 29.0 Å². The minimum absolute atomic E-state index is 0.00437. The van der Waals surface area contributed by atoms with Crippen LogP contribution >= 0.6 is 11.6 Å². The molecule has 0 spiro atoms. The van der Waals surface area contributed by atoms with Gasteiger partial charge in [0.25, 0.3) is 11.8 Å². The van der Waals surface area contributed by atoms with Crippen LogP contribution in [0.4, 0.5) is 5.69 Å². The fourth-order valence-electron chi connectivity index (χ4n) is 3.19. The van der Waals surface area contributed by atoms with Crippen molar-refractivity contribution >= 4 is 34.9 Å². The molecule has 0 radical (unpaired) electrons. The Hall–Kier alpha value is -3.36. The molecule has 2 heterocycles. The highest BCUT2D eigenvalue weighted by molar-refractivity contribution is 6.30. The van der Waals surface area contributed by atoms with Crippen LogP contribution in [-0.4, -0.2) is 54.0 Å². The number of carbonyl (C=O) groups excluding carboxylic acids is 3. The first-order chi connectivity index (χ1) is 14.5. The van der Waals surface area contributed by atoms with Crippen molar-refractivity contribution in [1.82, 2.24) is 4.90 Å². The molecular weight excluding hydrogens is 412 g/mol. The lowest BCUT2D eigenvalue weighted by Gasteiger charge is -2.21. The first kappa shape index (κ1) is 19.9. The summed E-state index contributed by atoms with van der Waals surface area (Å²) in [5.74, 6) is -0.626. The summed E-state index contributed by atoms with van der Waals surface area (Å²) in [7, 11) is 0. The van der Waals surface area contributed by atoms with Gasteiger partial charge in [-0.15, -0.1) is 0 Å². The molecule has 0 unspecified atom stereocenters. The Kier molecular flexibility index (Phi) is 5.43. The number of rotatable bonds is 6. The number of benzene rings is 2. The van der Waals surface area contributed by atoms with Gasteiger partial charge in [0.2, 0.25) is 0 Å². The second-order valence-corrected chi connectivity index (χ2v) is 7.02. The van der Waals surface area contributed by atoms with Gasteiger partial charge in [0.15, 0.2) is 17.3 Å². The fraction of sp³-hybridized carbons (Fsp3) is 0.190. The lowest BCUT2D eigenvalue weighted by atomic mass is 10.0.